The third-order valence-electron chi connectivity index (χ3n) is 4.23. The summed E-state index contributed by atoms with van der Waals surface area (Å²) in [5, 5.41) is 12.2. The second kappa shape index (κ2) is 8.75. The molecule has 5 nitrogen and oxygen atoms in total. The Bertz CT molecular complexity index is 1040. The highest BCUT2D eigenvalue weighted by atomic mass is 35.5. The van der Waals surface area contributed by atoms with Gasteiger partial charge in [-0.05, 0) is 67.1 Å². The van der Waals surface area contributed by atoms with Gasteiger partial charge >= 0.3 is 5.97 Å². The molecule has 7 heteroatoms. The van der Waals surface area contributed by atoms with E-state index in [1.54, 1.807) is 31.2 Å². The van der Waals surface area contributed by atoms with Crippen LogP contribution in [0.4, 0.5) is 4.39 Å². The van der Waals surface area contributed by atoms with Gasteiger partial charge in [0, 0.05) is 5.02 Å². The number of nitrogens with one attached hydrogen (secondary N) is 1. The van der Waals surface area contributed by atoms with Crippen molar-refractivity contribution in [2.24, 2.45) is 0 Å². The van der Waals surface area contributed by atoms with E-state index in [-0.39, 0.29) is 22.9 Å². The van der Waals surface area contributed by atoms with Crippen molar-refractivity contribution in [3.8, 4) is 11.5 Å². The summed E-state index contributed by atoms with van der Waals surface area (Å²) in [5.74, 6) is -1.18. The van der Waals surface area contributed by atoms with E-state index < -0.39 is 17.7 Å². The van der Waals surface area contributed by atoms with Crippen LogP contribution in [0.3, 0.4) is 0 Å². The number of carbonyl (C=O) groups excluding carboxylic acids is 1. The van der Waals surface area contributed by atoms with Gasteiger partial charge in [-0.25, -0.2) is 9.18 Å². The fraction of sp³-hybridized carbons (Fsp3) is 0.0909. The first-order chi connectivity index (χ1) is 13.8. The zero-order chi connectivity index (χ0) is 21.0. The van der Waals surface area contributed by atoms with Crippen molar-refractivity contribution in [1.29, 1.82) is 0 Å². The first-order valence-electron chi connectivity index (χ1n) is 8.70. The lowest BCUT2D eigenvalue weighted by atomic mass is 10.1. The summed E-state index contributed by atoms with van der Waals surface area (Å²) in [6, 6.07) is 15.9. The molecule has 1 atom stereocenters. The average Bonchev–Trinajstić information content (AvgIpc) is 2.71. The van der Waals surface area contributed by atoms with Crippen LogP contribution in [0.2, 0.25) is 5.02 Å². The van der Waals surface area contributed by atoms with Crippen molar-refractivity contribution in [3.63, 3.8) is 0 Å². The molecule has 0 radical (unpaired) electrons. The lowest BCUT2D eigenvalue weighted by molar-refractivity contribution is 0.0696. The molecule has 0 bridgehead atoms. The maximum absolute atomic E-state index is 13.1. The molecule has 1 amide bonds. The molecule has 148 valence electrons. The average molecular weight is 414 g/mol. The third-order valence-corrected chi connectivity index (χ3v) is 4.47. The number of hydrogen-bond acceptors (Lipinski definition) is 3. The van der Waals surface area contributed by atoms with Gasteiger partial charge in [0.25, 0.3) is 5.91 Å². The topological polar surface area (TPSA) is 75.6 Å². The van der Waals surface area contributed by atoms with E-state index in [2.05, 4.69) is 5.32 Å². The molecule has 0 fully saturated rings. The van der Waals surface area contributed by atoms with E-state index in [1.807, 2.05) is 0 Å². The number of amides is 1. The molecule has 29 heavy (non-hydrogen) atoms. The fourth-order valence-corrected chi connectivity index (χ4v) is 2.84. The molecule has 0 aliphatic heterocycles. The van der Waals surface area contributed by atoms with Crippen molar-refractivity contribution < 1.29 is 23.8 Å². The fourth-order valence-electron chi connectivity index (χ4n) is 2.67. The first-order valence-corrected chi connectivity index (χ1v) is 9.08. The minimum absolute atomic E-state index is 0.164. The maximum Gasteiger partial charge on any atom is 0.335 e. The third kappa shape index (κ3) is 5.12. The molecular formula is C22H17ClFNO4. The van der Waals surface area contributed by atoms with Crippen LogP contribution >= 0.6 is 11.6 Å². The highest BCUT2D eigenvalue weighted by Gasteiger charge is 2.17. The number of rotatable bonds is 6. The number of carbonyl (C=O) groups is 2. The number of aromatic carboxylic acids is 1. The summed E-state index contributed by atoms with van der Waals surface area (Å²) in [7, 11) is 0. The van der Waals surface area contributed by atoms with Gasteiger partial charge in [-0.2, -0.15) is 0 Å². The van der Waals surface area contributed by atoms with E-state index in [1.165, 1.54) is 42.5 Å². The van der Waals surface area contributed by atoms with Crippen LogP contribution < -0.4 is 10.1 Å². The van der Waals surface area contributed by atoms with Gasteiger partial charge in [0.1, 0.15) is 17.3 Å². The second-order valence-electron chi connectivity index (χ2n) is 6.32. The first kappa shape index (κ1) is 20.4. The summed E-state index contributed by atoms with van der Waals surface area (Å²) in [6.07, 6.45) is 0. The summed E-state index contributed by atoms with van der Waals surface area (Å²) in [5.41, 5.74) is 1.12. The monoisotopic (exact) mass is 413 g/mol. The highest BCUT2D eigenvalue weighted by molar-refractivity contribution is 6.31. The SMILES string of the molecule is CC(NC(=O)c1cc(Cl)ccc1Oc1ccc(F)cc1)c1ccc(C(=O)O)cc1. The van der Waals surface area contributed by atoms with Crippen LogP contribution in [0.1, 0.15) is 39.2 Å². The molecule has 3 aromatic carbocycles. The molecule has 0 aromatic heterocycles. The minimum Gasteiger partial charge on any atom is -0.478 e. The Morgan fingerprint density at radius 1 is 1.03 bits per heavy atom. The van der Waals surface area contributed by atoms with Crippen molar-refractivity contribution in [2.75, 3.05) is 0 Å². The van der Waals surface area contributed by atoms with Gasteiger partial charge in [-0.15, -0.1) is 0 Å². The van der Waals surface area contributed by atoms with E-state index in [0.29, 0.717) is 10.8 Å². The predicted molar refractivity (Wildman–Crippen MR) is 107 cm³/mol. The summed E-state index contributed by atoms with van der Waals surface area (Å²) >= 11 is 6.04. The smallest absolute Gasteiger partial charge is 0.335 e. The predicted octanol–water partition coefficient (Wildman–Crippen LogP) is 5.46. The molecule has 3 rings (SSSR count). The largest absolute Gasteiger partial charge is 0.478 e. The zero-order valence-corrected chi connectivity index (χ0v) is 16.1. The Balaban J connectivity index is 1.79. The molecule has 0 heterocycles. The van der Waals surface area contributed by atoms with E-state index in [4.69, 9.17) is 21.4 Å². The van der Waals surface area contributed by atoms with Gasteiger partial charge in [0.05, 0.1) is 17.2 Å². The molecule has 0 saturated carbocycles. The standard InChI is InChI=1S/C22H17ClFNO4/c1-13(14-2-4-15(5-3-14)22(27)28)25-21(26)19-12-16(23)6-11-20(19)29-18-9-7-17(24)8-10-18/h2-13H,1H3,(H,25,26)(H,27,28). The van der Waals surface area contributed by atoms with Gasteiger partial charge in [0.15, 0.2) is 0 Å². The molecule has 0 saturated heterocycles. The quantitative estimate of drug-likeness (QED) is 0.562. The summed E-state index contributed by atoms with van der Waals surface area (Å²) < 4.78 is 18.8. The zero-order valence-electron chi connectivity index (χ0n) is 15.4. The molecule has 3 aromatic rings. The van der Waals surface area contributed by atoms with Crippen molar-refractivity contribution in [1.82, 2.24) is 5.32 Å². The van der Waals surface area contributed by atoms with Crippen LogP contribution in [0, 0.1) is 5.82 Å². The van der Waals surface area contributed by atoms with Crippen LogP contribution in [0.15, 0.2) is 66.7 Å². The van der Waals surface area contributed by atoms with Crippen molar-refractivity contribution in [3.05, 3.63) is 94.3 Å². The van der Waals surface area contributed by atoms with Gasteiger partial charge in [0.2, 0.25) is 0 Å². The molecule has 2 N–H and O–H groups in total. The van der Waals surface area contributed by atoms with Crippen LogP contribution in [-0.2, 0) is 0 Å². The number of benzene rings is 3. The number of halogens is 2. The van der Waals surface area contributed by atoms with E-state index >= 15 is 0 Å². The van der Waals surface area contributed by atoms with Crippen molar-refractivity contribution in [2.45, 2.75) is 13.0 Å². The van der Waals surface area contributed by atoms with Crippen LogP contribution in [0.25, 0.3) is 0 Å². The Kier molecular flexibility index (Phi) is 6.14. The minimum atomic E-state index is -1.02. The second-order valence-corrected chi connectivity index (χ2v) is 6.76. The van der Waals surface area contributed by atoms with E-state index in [9.17, 15) is 14.0 Å². The Morgan fingerprint density at radius 3 is 2.31 bits per heavy atom. The molecule has 0 aliphatic carbocycles. The number of hydrogen-bond donors (Lipinski definition) is 2. The summed E-state index contributed by atoms with van der Waals surface area (Å²) in [6.45, 7) is 1.78. The molecule has 0 aliphatic rings. The normalized spacial score (nSPS) is 11.6. The Labute approximate surface area is 171 Å². The van der Waals surface area contributed by atoms with Crippen LogP contribution in [0.5, 0.6) is 11.5 Å². The Morgan fingerprint density at radius 2 is 1.69 bits per heavy atom. The Hall–Kier alpha value is -3.38. The highest BCUT2D eigenvalue weighted by Crippen LogP contribution is 2.29. The lowest BCUT2D eigenvalue weighted by Gasteiger charge is -2.17. The van der Waals surface area contributed by atoms with Gasteiger partial charge in [-0.3, -0.25) is 4.79 Å². The van der Waals surface area contributed by atoms with E-state index in [0.717, 1.165) is 5.56 Å². The molecule has 0 spiro atoms. The summed E-state index contributed by atoms with van der Waals surface area (Å²) in [4.78, 5) is 23.8. The number of carboxylic acid groups (broad SMARTS) is 1. The van der Waals surface area contributed by atoms with Gasteiger partial charge < -0.3 is 15.2 Å². The maximum atomic E-state index is 13.1. The lowest BCUT2D eigenvalue weighted by Crippen LogP contribution is -2.27. The number of carboxylic acids is 1. The van der Waals surface area contributed by atoms with Crippen molar-refractivity contribution >= 4 is 23.5 Å². The van der Waals surface area contributed by atoms with Crippen LogP contribution in [-0.4, -0.2) is 17.0 Å². The van der Waals surface area contributed by atoms with Gasteiger partial charge in [-0.1, -0.05) is 23.7 Å². The number of ether oxygens (including phenoxy) is 1. The molecular weight excluding hydrogens is 397 g/mol. The molecule has 1 unspecified atom stereocenters.